The van der Waals surface area contributed by atoms with Crippen LogP contribution in [0.15, 0.2) is 22.7 Å². The second-order valence-corrected chi connectivity index (χ2v) is 5.12. The van der Waals surface area contributed by atoms with E-state index in [2.05, 4.69) is 21.2 Å². The Bertz CT molecular complexity index is 479. The summed E-state index contributed by atoms with van der Waals surface area (Å²) in [7, 11) is 0. The largest absolute Gasteiger partial charge is 0.481 e. The first-order valence-electron chi connectivity index (χ1n) is 5.88. The van der Waals surface area contributed by atoms with E-state index in [1.54, 1.807) is 6.92 Å². The Hall–Kier alpha value is -1.43. The second-order valence-electron chi connectivity index (χ2n) is 4.26. The van der Waals surface area contributed by atoms with Gasteiger partial charge >= 0.3 is 5.97 Å². The Labute approximate surface area is 119 Å². The van der Waals surface area contributed by atoms with Gasteiger partial charge in [0.1, 0.15) is 5.82 Å². The van der Waals surface area contributed by atoms with Crippen LogP contribution in [-0.2, 0) is 4.79 Å². The van der Waals surface area contributed by atoms with Crippen molar-refractivity contribution in [3.05, 3.63) is 34.1 Å². The van der Waals surface area contributed by atoms with Crippen molar-refractivity contribution in [1.82, 2.24) is 5.32 Å². The lowest BCUT2D eigenvalue weighted by atomic mass is 10.1. The molecule has 4 nitrogen and oxygen atoms in total. The van der Waals surface area contributed by atoms with E-state index in [0.29, 0.717) is 23.9 Å². The number of nitrogens with one attached hydrogen (secondary N) is 1. The first kappa shape index (κ1) is 15.6. The van der Waals surface area contributed by atoms with Gasteiger partial charge in [-0.3, -0.25) is 9.59 Å². The molecule has 1 amide bonds. The van der Waals surface area contributed by atoms with Gasteiger partial charge in [-0.05, 0) is 47.0 Å². The smallest absolute Gasteiger partial charge is 0.306 e. The number of amides is 1. The van der Waals surface area contributed by atoms with Crippen LogP contribution in [0.1, 0.15) is 30.1 Å². The summed E-state index contributed by atoms with van der Waals surface area (Å²) in [6, 6.07) is 3.88. The van der Waals surface area contributed by atoms with Gasteiger partial charge in [-0.1, -0.05) is 6.92 Å². The molecule has 1 aromatic rings. The van der Waals surface area contributed by atoms with Crippen molar-refractivity contribution in [2.45, 2.75) is 19.8 Å². The summed E-state index contributed by atoms with van der Waals surface area (Å²) in [4.78, 5) is 22.4. The van der Waals surface area contributed by atoms with Crippen LogP contribution >= 0.6 is 15.9 Å². The Balaban J connectivity index is 2.43. The molecular weight excluding hydrogens is 317 g/mol. The average molecular weight is 332 g/mol. The third-order valence-corrected chi connectivity index (χ3v) is 3.39. The average Bonchev–Trinajstić information content (AvgIpc) is 2.36. The van der Waals surface area contributed by atoms with E-state index in [-0.39, 0.29) is 11.5 Å². The molecule has 1 atom stereocenters. The highest BCUT2D eigenvalue weighted by molar-refractivity contribution is 9.10. The number of carboxylic acids is 1. The van der Waals surface area contributed by atoms with Crippen LogP contribution in [-0.4, -0.2) is 23.5 Å². The van der Waals surface area contributed by atoms with Gasteiger partial charge in [0.15, 0.2) is 0 Å². The molecule has 19 heavy (non-hydrogen) atoms. The van der Waals surface area contributed by atoms with E-state index >= 15 is 0 Å². The Morgan fingerprint density at radius 2 is 2.16 bits per heavy atom. The van der Waals surface area contributed by atoms with Crippen LogP contribution in [0.2, 0.25) is 0 Å². The SMILES string of the molecule is CC(CCCNC(=O)c1cc(F)ccc1Br)C(=O)O. The second kappa shape index (κ2) is 7.23. The monoisotopic (exact) mass is 331 g/mol. The summed E-state index contributed by atoms with van der Waals surface area (Å²) in [5.74, 6) is -2.14. The van der Waals surface area contributed by atoms with Gasteiger partial charge < -0.3 is 10.4 Å². The summed E-state index contributed by atoms with van der Waals surface area (Å²) in [5, 5.41) is 11.3. The van der Waals surface area contributed by atoms with Gasteiger partial charge in [0.2, 0.25) is 0 Å². The molecule has 0 radical (unpaired) electrons. The van der Waals surface area contributed by atoms with Gasteiger partial charge in [0, 0.05) is 11.0 Å². The Morgan fingerprint density at radius 1 is 1.47 bits per heavy atom. The first-order valence-corrected chi connectivity index (χ1v) is 6.67. The number of halogens is 2. The van der Waals surface area contributed by atoms with Gasteiger partial charge in [-0.2, -0.15) is 0 Å². The zero-order valence-electron chi connectivity index (χ0n) is 10.5. The summed E-state index contributed by atoms with van der Waals surface area (Å²) in [6.07, 6.45) is 1.05. The summed E-state index contributed by atoms with van der Waals surface area (Å²) >= 11 is 3.18. The lowest BCUT2D eigenvalue weighted by Gasteiger charge is -2.08. The van der Waals surface area contributed by atoms with E-state index in [9.17, 15) is 14.0 Å². The molecule has 0 saturated carbocycles. The predicted molar refractivity (Wildman–Crippen MR) is 72.5 cm³/mol. The van der Waals surface area contributed by atoms with E-state index in [1.165, 1.54) is 12.1 Å². The van der Waals surface area contributed by atoms with E-state index < -0.39 is 17.7 Å². The minimum atomic E-state index is -0.848. The maximum atomic E-state index is 13.0. The highest BCUT2D eigenvalue weighted by Crippen LogP contribution is 2.17. The van der Waals surface area contributed by atoms with Crippen LogP contribution in [0, 0.1) is 11.7 Å². The molecule has 0 aliphatic rings. The molecule has 104 valence electrons. The molecular formula is C13H15BrFNO3. The van der Waals surface area contributed by atoms with Gasteiger partial charge in [0.05, 0.1) is 11.5 Å². The van der Waals surface area contributed by atoms with Crippen molar-refractivity contribution in [1.29, 1.82) is 0 Å². The highest BCUT2D eigenvalue weighted by atomic mass is 79.9. The minimum Gasteiger partial charge on any atom is -0.481 e. The molecule has 0 aromatic heterocycles. The van der Waals surface area contributed by atoms with Gasteiger partial charge in [0.25, 0.3) is 5.91 Å². The first-order chi connectivity index (χ1) is 8.91. The summed E-state index contributed by atoms with van der Waals surface area (Å²) in [5.41, 5.74) is 0.228. The van der Waals surface area contributed by atoms with Crippen molar-refractivity contribution in [2.24, 2.45) is 5.92 Å². The fraction of sp³-hybridized carbons (Fsp3) is 0.385. The summed E-state index contributed by atoms with van der Waals surface area (Å²) < 4.78 is 13.5. The van der Waals surface area contributed by atoms with Crippen LogP contribution in [0.5, 0.6) is 0 Å². The molecule has 1 aromatic carbocycles. The van der Waals surface area contributed by atoms with Gasteiger partial charge in [-0.25, -0.2) is 4.39 Å². The number of rotatable bonds is 6. The zero-order chi connectivity index (χ0) is 14.4. The number of benzene rings is 1. The number of carbonyl (C=O) groups excluding carboxylic acids is 1. The maximum absolute atomic E-state index is 13.0. The van der Waals surface area contributed by atoms with Crippen molar-refractivity contribution in [3.63, 3.8) is 0 Å². The molecule has 0 aliphatic heterocycles. The molecule has 0 saturated heterocycles. The predicted octanol–water partition coefficient (Wildman–Crippen LogP) is 2.82. The van der Waals surface area contributed by atoms with E-state index in [0.717, 1.165) is 6.07 Å². The molecule has 0 heterocycles. The molecule has 1 unspecified atom stereocenters. The highest BCUT2D eigenvalue weighted by Gasteiger charge is 2.12. The standard InChI is InChI=1S/C13H15BrFNO3/c1-8(13(18)19)3-2-6-16-12(17)10-7-9(15)4-5-11(10)14/h4-5,7-8H,2-3,6H2,1H3,(H,16,17)(H,18,19). The number of hydrogen-bond acceptors (Lipinski definition) is 2. The number of hydrogen-bond donors (Lipinski definition) is 2. The van der Waals surface area contributed by atoms with Crippen LogP contribution in [0.25, 0.3) is 0 Å². The third kappa shape index (κ3) is 4.98. The third-order valence-electron chi connectivity index (χ3n) is 2.69. The lowest BCUT2D eigenvalue weighted by Crippen LogP contribution is -2.25. The van der Waals surface area contributed by atoms with Gasteiger partial charge in [-0.15, -0.1) is 0 Å². The molecule has 0 fully saturated rings. The molecule has 0 aliphatic carbocycles. The topological polar surface area (TPSA) is 66.4 Å². The molecule has 6 heteroatoms. The maximum Gasteiger partial charge on any atom is 0.306 e. The molecule has 0 spiro atoms. The molecule has 1 rings (SSSR count). The number of carboxylic acid groups (broad SMARTS) is 1. The Kier molecular flexibility index (Phi) is 5.95. The summed E-state index contributed by atoms with van der Waals surface area (Å²) in [6.45, 7) is 1.98. The fourth-order valence-corrected chi connectivity index (χ4v) is 1.93. The Morgan fingerprint density at radius 3 is 2.79 bits per heavy atom. The normalized spacial score (nSPS) is 11.9. The van der Waals surface area contributed by atoms with E-state index in [4.69, 9.17) is 5.11 Å². The van der Waals surface area contributed by atoms with Crippen molar-refractivity contribution in [3.8, 4) is 0 Å². The minimum absolute atomic E-state index is 0.228. The quantitative estimate of drug-likeness (QED) is 0.787. The zero-order valence-corrected chi connectivity index (χ0v) is 12.0. The lowest BCUT2D eigenvalue weighted by molar-refractivity contribution is -0.141. The van der Waals surface area contributed by atoms with Crippen molar-refractivity contribution < 1.29 is 19.1 Å². The van der Waals surface area contributed by atoms with Crippen LogP contribution in [0.4, 0.5) is 4.39 Å². The van der Waals surface area contributed by atoms with E-state index in [1.807, 2.05) is 0 Å². The molecule has 0 bridgehead atoms. The number of carbonyl (C=O) groups is 2. The number of aliphatic carboxylic acids is 1. The van der Waals surface area contributed by atoms with Crippen LogP contribution in [0.3, 0.4) is 0 Å². The van der Waals surface area contributed by atoms with Crippen molar-refractivity contribution >= 4 is 27.8 Å². The fourth-order valence-electron chi connectivity index (χ4n) is 1.50. The molecule has 2 N–H and O–H groups in total. The van der Waals surface area contributed by atoms with Crippen LogP contribution < -0.4 is 5.32 Å². The van der Waals surface area contributed by atoms with Crippen molar-refractivity contribution in [2.75, 3.05) is 6.54 Å².